The third-order valence-corrected chi connectivity index (χ3v) is 3.43. The summed E-state index contributed by atoms with van der Waals surface area (Å²) in [6.45, 7) is 6.55. The number of anilines is 1. The fourth-order valence-corrected chi connectivity index (χ4v) is 2.14. The minimum atomic E-state index is -0.0760. The van der Waals surface area contributed by atoms with E-state index in [0.717, 1.165) is 16.8 Å². The van der Waals surface area contributed by atoms with Crippen molar-refractivity contribution in [2.24, 2.45) is 5.92 Å². The molecule has 4 heteroatoms. The van der Waals surface area contributed by atoms with E-state index in [1.807, 2.05) is 32.0 Å². The van der Waals surface area contributed by atoms with Crippen molar-refractivity contribution in [3.05, 3.63) is 29.3 Å². The van der Waals surface area contributed by atoms with Crippen molar-refractivity contribution < 1.29 is 9.59 Å². The minimum absolute atomic E-state index is 0.00454. The van der Waals surface area contributed by atoms with Gasteiger partial charge in [-0.05, 0) is 25.0 Å². The molecule has 1 aromatic rings. The van der Waals surface area contributed by atoms with Crippen LogP contribution in [-0.4, -0.2) is 29.8 Å². The highest BCUT2D eigenvalue weighted by molar-refractivity contribution is 5.95. The number of carbonyl (C=O) groups is 2. The van der Waals surface area contributed by atoms with E-state index in [2.05, 4.69) is 5.32 Å². The van der Waals surface area contributed by atoms with Crippen LogP contribution in [0.2, 0.25) is 0 Å². The Labute approximate surface area is 107 Å². The molecule has 1 fully saturated rings. The Morgan fingerprint density at radius 3 is 2.28 bits per heavy atom. The smallest absolute Gasteiger partial charge is 0.231 e. The molecule has 0 aliphatic carbocycles. The number of rotatable bonds is 2. The third kappa shape index (κ3) is 2.37. The molecule has 18 heavy (non-hydrogen) atoms. The number of hydrogen-bond donors (Lipinski definition) is 1. The zero-order chi connectivity index (χ0) is 13.3. The maximum Gasteiger partial charge on any atom is 0.231 e. The van der Waals surface area contributed by atoms with Crippen LogP contribution in [0.4, 0.5) is 5.69 Å². The molecule has 4 nitrogen and oxygen atoms in total. The van der Waals surface area contributed by atoms with Crippen LogP contribution >= 0.6 is 0 Å². The summed E-state index contributed by atoms with van der Waals surface area (Å²) in [6.07, 6.45) is 0. The molecule has 0 atom stereocenters. The van der Waals surface area contributed by atoms with Crippen LogP contribution in [0, 0.1) is 19.8 Å². The van der Waals surface area contributed by atoms with Gasteiger partial charge in [0.15, 0.2) is 0 Å². The van der Waals surface area contributed by atoms with E-state index < -0.39 is 0 Å². The predicted molar refractivity (Wildman–Crippen MR) is 70.3 cm³/mol. The first-order valence-electron chi connectivity index (χ1n) is 6.11. The van der Waals surface area contributed by atoms with Crippen molar-refractivity contribution in [1.29, 1.82) is 0 Å². The molecule has 0 bridgehead atoms. The van der Waals surface area contributed by atoms with E-state index in [4.69, 9.17) is 0 Å². The number of nitrogens with one attached hydrogen (secondary N) is 1. The number of carbonyl (C=O) groups excluding carboxylic acids is 2. The molecule has 0 unspecified atom stereocenters. The molecule has 1 aliphatic rings. The van der Waals surface area contributed by atoms with E-state index in [0.29, 0.717) is 13.1 Å². The molecule has 0 saturated carbocycles. The lowest BCUT2D eigenvalue weighted by Gasteiger charge is -2.37. The van der Waals surface area contributed by atoms with Crippen LogP contribution in [-0.2, 0) is 9.59 Å². The summed E-state index contributed by atoms with van der Waals surface area (Å²) >= 11 is 0. The standard InChI is InChI=1S/C14H18N2O2/c1-9-5-4-6-10(2)13(9)15-14(18)12-7-16(8-12)11(3)17/h4-6,12H,7-8H2,1-3H3,(H,15,18). The number of para-hydroxylation sites is 1. The lowest BCUT2D eigenvalue weighted by molar-refractivity contribution is -0.139. The van der Waals surface area contributed by atoms with Gasteiger partial charge in [0.1, 0.15) is 0 Å². The topological polar surface area (TPSA) is 49.4 Å². The van der Waals surface area contributed by atoms with Gasteiger partial charge in [0.25, 0.3) is 0 Å². The number of nitrogens with zero attached hydrogens (tertiary/aromatic N) is 1. The second kappa shape index (κ2) is 4.80. The molecule has 2 amide bonds. The molecular weight excluding hydrogens is 228 g/mol. The fraction of sp³-hybridized carbons (Fsp3) is 0.429. The first kappa shape index (κ1) is 12.6. The summed E-state index contributed by atoms with van der Waals surface area (Å²) in [7, 11) is 0. The molecule has 96 valence electrons. The van der Waals surface area contributed by atoms with Crippen molar-refractivity contribution in [2.45, 2.75) is 20.8 Å². The fourth-order valence-electron chi connectivity index (χ4n) is 2.14. The van der Waals surface area contributed by atoms with Crippen LogP contribution < -0.4 is 5.32 Å². The minimum Gasteiger partial charge on any atom is -0.341 e. The molecule has 1 aliphatic heterocycles. The SMILES string of the molecule is CC(=O)N1CC(C(=O)Nc2c(C)cccc2C)C1. The number of amides is 2. The molecule has 1 aromatic carbocycles. The Morgan fingerprint density at radius 1 is 1.22 bits per heavy atom. The number of hydrogen-bond acceptors (Lipinski definition) is 2. The summed E-state index contributed by atoms with van der Waals surface area (Å²) in [6, 6.07) is 5.93. The number of likely N-dealkylation sites (tertiary alicyclic amines) is 1. The molecule has 0 radical (unpaired) electrons. The molecule has 0 aromatic heterocycles. The van der Waals surface area contributed by atoms with Crippen LogP contribution in [0.1, 0.15) is 18.1 Å². The summed E-state index contributed by atoms with van der Waals surface area (Å²) in [4.78, 5) is 24.7. The Balaban J connectivity index is 1.99. The van der Waals surface area contributed by atoms with Crippen LogP contribution in [0.15, 0.2) is 18.2 Å². The molecule has 2 rings (SSSR count). The van der Waals surface area contributed by atoms with Crippen LogP contribution in [0.3, 0.4) is 0 Å². The lowest BCUT2D eigenvalue weighted by atomic mass is 9.98. The zero-order valence-electron chi connectivity index (χ0n) is 11.0. The second-order valence-corrected chi connectivity index (χ2v) is 4.88. The van der Waals surface area contributed by atoms with Gasteiger partial charge in [-0.25, -0.2) is 0 Å². The molecule has 1 N–H and O–H groups in total. The van der Waals surface area contributed by atoms with Gasteiger partial charge in [-0.2, -0.15) is 0 Å². The maximum atomic E-state index is 12.0. The summed E-state index contributed by atoms with van der Waals surface area (Å²) in [5.74, 6) is -0.0380. The quantitative estimate of drug-likeness (QED) is 0.863. The Kier molecular flexibility index (Phi) is 3.36. The van der Waals surface area contributed by atoms with Gasteiger partial charge in [-0.15, -0.1) is 0 Å². The molecule has 0 spiro atoms. The molecule has 1 heterocycles. The first-order chi connectivity index (χ1) is 8.49. The molecule has 1 saturated heterocycles. The van der Waals surface area contributed by atoms with Gasteiger partial charge in [0.05, 0.1) is 5.92 Å². The first-order valence-corrected chi connectivity index (χ1v) is 6.11. The van der Waals surface area contributed by atoms with Crippen molar-refractivity contribution in [3.8, 4) is 0 Å². The van der Waals surface area contributed by atoms with Gasteiger partial charge >= 0.3 is 0 Å². The van der Waals surface area contributed by atoms with E-state index >= 15 is 0 Å². The van der Waals surface area contributed by atoms with Crippen LogP contribution in [0.25, 0.3) is 0 Å². The maximum absolute atomic E-state index is 12.0. The zero-order valence-corrected chi connectivity index (χ0v) is 11.0. The predicted octanol–water partition coefficient (Wildman–Crippen LogP) is 1.72. The monoisotopic (exact) mass is 246 g/mol. The Hall–Kier alpha value is -1.84. The van der Waals surface area contributed by atoms with Gasteiger partial charge < -0.3 is 10.2 Å². The highest BCUT2D eigenvalue weighted by Crippen LogP contribution is 2.22. The highest BCUT2D eigenvalue weighted by atomic mass is 16.2. The Bertz CT molecular complexity index is 470. The number of aryl methyl sites for hydroxylation is 2. The van der Waals surface area contributed by atoms with Gasteiger partial charge in [-0.3, -0.25) is 9.59 Å². The van der Waals surface area contributed by atoms with E-state index in [1.165, 1.54) is 6.92 Å². The summed E-state index contributed by atoms with van der Waals surface area (Å²) < 4.78 is 0. The van der Waals surface area contributed by atoms with Crippen molar-refractivity contribution in [3.63, 3.8) is 0 Å². The van der Waals surface area contributed by atoms with Gasteiger partial charge in [-0.1, -0.05) is 18.2 Å². The summed E-state index contributed by atoms with van der Waals surface area (Å²) in [5, 5.41) is 2.96. The average molecular weight is 246 g/mol. The van der Waals surface area contributed by atoms with Crippen molar-refractivity contribution in [2.75, 3.05) is 18.4 Å². The largest absolute Gasteiger partial charge is 0.341 e. The Morgan fingerprint density at radius 2 is 1.78 bits per heavy atom. The van der Waals surface area contributed by atoms with E-state index in [-0.39, 0.29) is 17.7 Å². The second-order valence-electron chi connectivity index (χ2n) is 4.88. The van der Waals surface area contributed by atoms with Crippen LogP contribution in [0.5, 0.6) is 0 Å². The number of benzene rings is 1. The van der Waals surface area contributed by atoms with Crippen molar-refractivity contribution in [1.82, 2.24) is 4.90 Å². The summed E-state index contributed by atoms with van der Waals surface area (Å²) in [5.41, 5.74) is 3.01. The normalized spacial score (nSPS) is 15.2. The lowest BCUT2D eigenvalue weighted by Crippen LogP contribution is -2.53. The third-order valence-electron chi connectivity index (χ3n) is 3.43. The average Bonchev–Trinajstić information content (AvgIpc) is 2.21. The van der Waals surface area contributed by atoms with E-state index in [9.17, 15) is 9.59 Å². The molecular formula is C14H18N2O2. The van der Waals surface area contributed by atoms with E-state index in [1.54, 1.807) is 4.90 Å². The van der Waals surface area contributed by atoms with Gasteiger partial charge in [0, 0.05) is 25.7 Å². The van der Waals surface area contributed by atoms with Crippen molar-refractivity contribution >= 4 is 17.5 Å². The van der Waals surface area contributed by atoms with Gasteiger partial charge in [0.2, 0.25) is 11.8 Å². The highest BCUT2D eigenvalue weighted by Gasteiger charge is 2.34.